The van der Waals surface area contributed by atoms with Crippen molar-refractivity contribution in [2.45, 2.75) is 0 Å². The van der Waals surface area contributed by atoms with Gasteiger partial charge in [0.05, 0.1) is 0 Å². The Morgan fingerprint density at radius 1 is 0.429 bits per heavy atom. The zero-order valence-corrected chi connectivity index (χ0v) is 15.4. The molecule has 2 heteroatoms. The summed E-state index contributed by atoms with van der Waals surface area (Å²) in [6.45, 7) is 0. The van der Waals surface area contributed by atoms with E-state index in [0.29, 0.717) is 0 Å². The van der Waals surface area contributed by atoms with Crippen LogP contribution in [0.3, 0.4) is 0 Å². The summed E-state index contributed by atoms with van der Waals surface area (Å²) in [4.78, 5) is 0. The molecular formula is C26H20N2. The van der Waals surface area contributed by atoms with Gasteiger partial charge in [0.25, 0.3) is 0 Å². The Morgan fingerprint density at radius 2 is 1.07 bits per heavy atom. The van der Waals surface area contributed by atoms with Crippen LogP contribution in [0.25, 0.3) is 43.8 Å². The maximum Gasteiger partial charge on any atom is 0.0320 e. The Kier molecular flexibility index (Phi) is 3.77. The van der Waals surface area contributed by atoms with Crippen molar-refractivity contribution < 1.29 is 0 Å². The second-order valence-corrected chi connectivity index (χ2v) is 7.12. The third kappa shape index (κ3) is 2.67. The molecule has 0 spiro atoms. The van der Waals surface area contributed by atoms with Gasteiger partial charge in [-0.15, -0.1) is 0 Å². The van der Waals surface area contributed by atoms with Gasteiger partial charge in [0.2, 0.25) is 0 Å². The average molecular weight is 360 g/mol. The van der Waals surface area contributed by atoms with Crippen molar-refractivity contribution in [3.05, 3.63) is 97.1 Å². The van der Waals surface area contributed by atoms with Gasteiger partial charge in [0.15, 0.2) is 0 Å². The molecule has 2 nitrogen and oxygen atoms in total. The Morgan fingerprint density at radius 3 is 1.86 bits per heavy atom. The third-order valence-corrected chi connectivity index (χ3v) is 5.32. The Bertz CT molecular complexity index is 1320. The quantitative estimate of drug-likeness (QED) is 0.279. The van der Waals surface area contributed by atoms with E-state index in [1.807, 2.05) is 18.2 Å². The molecule has 0 aromatic heterocycles. The van der Waals surface area contributed by atoms with Gasteiger partial charge in [-0.25, -0.2) is 0 Å². The molecular weight excluding hydrogens is 340 g/mol. The summed E-state index contributed by atoms with van der Waals surface area (Å²) >= 11 is 0. The largest absolute Gasteiger partial charge is 0.399 e. The highest BCUT2D eigenvalue weighted by molar-refractivity contribution is 6.14. The van der Waals surface area contributed by atoms with Gasteiger partial charge in [0.1, 0.15) is 0 Å². The maximum atomic E-state index is 6.20. The number of anilines is 2. The topological polar surface area (TPSA) is 52.0 Å². The molecule has 0 radical (unpaired) electrons. The average Bonchev–Trinajstić information content (AvgIpc) is 2.74. The van der Waals surface area contributed by atoms with Crippen LogP contribution in [0.15, 0.2) is 97.1 Å². The minimum absolute atomic E-state index is 0.756. The van der Waals surface area contributed by atoms with Gasteiger partial charge in [-0.3, -0.25) is 0 Å². The van der Waals surface area contributed by atoms with E-state index >= 15 is 0 Å². The van der Waals surface area contributed by atoms with E-state index in [0.717, 1.165) is 28.1 Å². The van der Waals surface area contributed by atoms with E-state index in [1.165, 1.54) is 27.1 Å². The predicted octanol–water partition coefficient (Wildman–Crippen LogP) is 6.49. The molecule has 4 N–H and O–H groups in total. The number of hydrogen-bond acceptors (Lipinski definition) is 2. The molecule has 0 amide bonds. The van der Waals surface area contributed by atoms with Crippen LogP contribution < -0.4 is 11.5 Å². The minimum Gasteiger partial charge on any atom is -0.399 e. The molecule has 0 aliphatic heterocycles. The van der Waals surface area contributed by atoms with Gasteiger partial charge in [-0.2, -0.15) is 0 Å². The van der Waals surface area contributed by atoms with Crippen LogP contribution in [-0.2, 0) is 0 Å². The minimum atomic E-state index is 0.756. The van der Waals surface area contributed by atoms with Crippen LogP contribution in [0.2, 0.25) is 0 Å². The van der Waals surface area contributed by atoms with Crippen molar-refractivity contribution in [2.24, 2.45) is 0 Å². The smallest absolute Gasteiger partial charge is 0.0320 e. The highest BCUT2D eigenvalue weighted by Gasteiger charge is 2.13. The van der Waals surface area contributed by atoms with Crippen molar-refractivity contribution in [3.63, 3.8) is 0 Å². The first kappa shape index (κ1) is 16.4. The molecule has 0 unspecified atom stereocenters. The van der Waals surface area contributed by atoms with Crippen molar-refractivity contribution >= 4 is 32.9 Å². The monoisotopic (exact) mass is 360 g/mol. The van der Waals surface area contributed by atoms with Gasteiger partial charge < -0.3 is 11.5 Å². The van der Waals surface area contributed by atoms with E-state index in [-0.39, 0.29) is 0 Å². The van der Waals surface area contributed by atoms with Crippen LogP contribution in [0.4, 0.5) is 11.4 Å². The van der Waals surface area contributed by atoms with Crippen molar-refractivity contribution in [1.82, 2.24) is 0 Å². The fraction of sp³-hybridized carbons (Fsp3) is 0. The van der Waals surface area contributed by atoms with Gasteiger partial charge >= 0.3 is 0 Å². The molecule has 0 heterocycles. The molecule has 28 heavy (non-hydrogen) atoms. The van der Waals surface area contributed by atoms with E-state index in [2.05, 4.69) is 78.9 Å². The van der Waals surface area contributed by atoms with E-state index in [9.17, 15) is 0 Å². The number of nitrogens with two attached hydrogens (primary N) is 2. The lowest BCUT2D eigenvalue weighted by molar-refractivity contribution is 1.59. The van der Waals surface area contributed by atoms with Gasteiger partial charge in [0, 0.05) is 11.4 Å². The first-order valence-corrected chi connectivity index (χ1v) is 9.37. The second-order valence-electron chi connectivity index (χ2n) is 7.12. The number of nitrogen functional groups attached to an aromatic ring is 2. The summed E-state index contributed by atoms with van der Waals surface area (Å²) in [5.41, 5.74) is 18.2. The summed E-state index contributed by atoms with van der Waals surface area (Å²) < 4.78 is 0. The lowest BCUT2D eigenvalue weighted by atomic mass is 9.88. The molecule has 0 atom stereocenters. The fourth-order valence-electron chi connectivity index (χ4n) is 3.98. The first-order chi connectivity index (χ1) is 13.7. The molecule has 134 valence electrons. The van der Waals surface area contributed by atoms with Crippen LogP contribution >= 0.6 is 0 Å². The van der Waals surface area contributed by atoms with E-state index in [4.69, 9.17) is 11.5 Å². The van der Waals surface area contributed by atoms with Crippen LogP contribution in [0.1, 0.15) is 0 Å². The second kappa shape index (κ2) is 6.43. The van der Waals surface area contributed by atoms with Crippen LogP contribution in [0, 0.1) is 0 Å². The van der Waals surface area contributed by atoms with Gasteiger partial charge in [-0.1, -0.05) is 66.7 Å². The standard InChI is InChI=1S/C26H20N2/c27-19-11-9-17(10-12-19)22-14-13-20(28)16-26(22)25-15-18-5-1-2-6-21(18)23-7-3-4-8-24(23)25/h1-16H,27-28H2. The number of benzene rings is 5. The summed E-state index contributed by atoms with van der Waals surface area (Å²) in [5, 5.41) is 4.96. The molecule has 5 rings (SSSR count). The number of hydrogen-bond donors (Lipinski definition) is 2. The van der Waals surface area contributed by atoms with Crippen LogP contribution in [-0.4, -0.2) is 0 Å². The summed E-state index contributed by atoms with van der Waals surface area (Å²) in [6, 6.07) is 33.5. The lowest BCUT2D eigenvalue weighted by Crippen LogP contribution is -1.92. The van der Waals surface area contributed by atoms with Crippen molar-refractivity contribution in [3.8, 4) is 22.3 Å². The zero-order chi connectivity index (χ0) is 19.1. The molecule has 0 fully saturated rings. The summed E-state index contributed by atoms with van der Waals surface area (Å²) in [5.74, 6) is 0. The third-order valence-electron chi connectivity index (χ3n) is 5.32. The number of fused-ring (bicyclic) bond motifs is 3. The SMILES string of the molecule is Nc1ccc(-c2ccc(N)cc2-c2cc3ccccc3c3ccccc23)cc1. The fourth-order valence-corrected chi connectivity index (χ4v) is 3.98. The Labute approximate surface area is 164 Å². The zero-order valence-electron chi connectivity index (χ0n) is 15.4. The number of rotatable bonds is 2. The summed E-state index contributed by atoms with van der Waals surface area (Å²) in [6.07, 6.45) is 0. The summed E-state index contributed by atoms with van der Waals surface area (Å²) in [7, 11) is 0. The van der Waals surface area contributed by atoms with Gasteiger partial charge in [-0.05, 0) is 74.1 Å². The normalized spacial score (nSPS) is 11.1. The van der Waals surface area contributed by atoms with E-state index < -0.39 is 0 Å². The lowest BCUT2D eigenvalue weighted by Gasteiger charge is -2.16. The predicted molar refractivity (Wildman–Crippen MR) is 121 cm³/mol. The maximum absolute atomic E-state index is 6.20. The van der Waals surface area contributed by atoms with Crippen molar-refractivity contribution in [1.29, 1.82) is 0 Å². The molecule has 0 aliphatic carbocycles. The van der Waals surface area contributed by atoms with Crippen LogP contribution in [0.5, 0.6) is 0 Å². The molecule has 5 aromatic carbocycles. The highest BCUT2D eigenvalue weighted by atomic mass is 14.5. The molecule has 0 aliphatic rings. The Balaban J connectivity index is 1.87. The van der Waals surface area contributed by atoms with Crippen molar-refractivity contribution in [2.75, 3.05) is 11.5 Å². The Hall–Kier alpha value is -3.78. The molecule has 0 saturated carbocycles. The van der Waals surface area contributed by atoms with E-state index in [1.54, 1.807) is 0 Å². The first-order valence-electron chi connectivity index (χ1n) is 9.37. The molecule has 5 aromatic rings. The highest BCUT2D eigenvalue weighted by Crippen LogP contribution is 2.40. The molecule has 0 saturated heterocycles. The molecule has 0 bridgehead atoms.